The van der Waals surface area contributed by atoms with Gasteiger partial charge in [0.25, 0.3) is 5.91 Å². The van der Waals surface area contributed by atoms with Crippen LogP contribution in [0.25, 0.3) is 0 Å². The maximum absolute atomic E-state index is 12.9. The molecular formula is C24H30N2O3. The number of ether oxygens (including phenoxy) is 1. The molecule has 1 unspecified atom stereocenters. The van der Waals surface area contributed by atoms with Gasteiger partial charge < -0.3 is 15.0 Å². The van der Waals surface area contributed by atoms with Crippen molar-refractivity contribution in [3.8, 4) is 5.75 Å². The zero-order chi connectivity index (χ0) is 20.8. The van der Waals surface area contributed by atoms with Gasteiger partial charge in [0.05, 0.1) is 13.0 Å². The molecule has 1 fully saturated rings. The Labute approximate surface area is 173 Å². The van der Waals surface area contributed by atoms with Crippen molar-refractivity contribution in [1.82, 2.24) is 10.2 Å². The molecule has 0 aliphatic carbocycles. The first-order chi connectivity index (χ1) is 14.0. The lowest BCUT2D eigenvalue weighted by Gasteiger charge is -2.32. The summed E-state index contributed by atoms with van der Waals surface area (Å²) in [4.78, 5) is 27.4. The van der Waals surface area contributed by atoms with Crippen LogP contribution in [0.15, 0.2) is 42.5 Å². The van der Waals surface area contributed by atoms with E-state index in [2.05, 4.69) is 11.4 Å². The van der Waals surface area contributed by atoms with Crippen LogP contribution in [0.1, 0.15) is 39.9 Å². The predicted octanol–water partition coefficient (Wildman–Crippen LogP) is 3.52. The molecule has 3 rings (SSSR count). The molecule has 1 heterocycles. The van der Waals surface area contributed by atoms with Crippen LogP contribution < -0.4 is 10.1 Å². The van der Waals surface area contributed by atoms with E-state index >= 15 is 0 Å². The minimum Gasteiger partial charge on any atom is -0.497 e. The number of hydrogen-bond donors (Lipinski definition) is 1. The van der Waals surface area contributed by atoms with E-state index in [0.29, 0.717) is 25.2 Å². The van der Waals surface area contributed by atoms with Gasteiger partial charge in [-0.1, -0.05) is 29.3 Å². The number of carbonyl (C=O) groups excluding carboxylic acids is 2. The maximum atomic E-state index is 12.9. The fourth-order valence-corrected chi connectivity index (χ4v) is 3.92. The predicted molar refractivity (Wildman–Crippen MR) is 114 cm³/mol. The summed E-state index contributed by atoms with van der Waals surface area (Å²) in [6, 6.07) is 13.8. The van der Waals surface area contributed by atoms with Crippen LogP contribution in [0.2, 0.25) is 0 Å². The molecule has 0 saturated carbocycles. The standard InChI is InChI=1S/C24H30N2O3/c1-17-13-18(2)15-21(14-17)24(28)26-12-4-5-20(16-26)23(27)25-11-10-19-6-8-22(29-3)9-7-19/h6-9,13-15,20H,4-5,10-12,16H2,1-3H3,(H,25,27). The highest BCUT2D eigenvalue weighted by Gasteiger charge is 2.28. The Hall–Kier alpha value is -2.82. The van der Waals surface area contributed by atoms with Crippen molar-refractivity contribution in [2.75, 3.05) is 26.7 Å². The number of benzene rings is 2. The van der Waals surface area contributed by atoms with E-state index in [1.54, 1.807) is 7.11 Å². The number of nitrogens with zero attached hydrogens (tertiary/aromatic N) is 1. The first-order valence-corrected chi connectivity index (χ1v) is 10.2. The molecule has 5 nitrogen and oxygen atoms in total. The summed E-state index contributed by atoms with van der Waals surface area (Å²) < 4.78 is 5.16. The van der Waals surface area contributed by atoms with Crippen LogP contribution in [0.4, 0.5) is 0 Å². The molecule has 154 valence electrons. The highest BCUT2D eigenvalue weighted by atomic mass is 16.5. The number of hydrogen-bond acceptors (Lipinski definition) is 3. The second kappa shape index (κ2) is 9.59. The van der Waals surface area contributed by atoms with Gasteiger partial charge in [-0.3, -0.25) is 9.59 Å². The van der Waals surface area contributed by atoms with Crippen molar-refractivity contribution < 1.29 is 14.3 Å². The van der Waals surface area contributed by atoms with Crippen molar-refractivity contribution in [2.24, 2.45) is 5.92 Å². The molecule has 29 heavy (non-hydrogen) atoms. The summed E-state index contributed by atoms with van der Waals surface area (Å²) >= 11 is 0. The first-order valence-electron chi connectivity index (χ1n) is 10.2. The van der Waals surface area contributed by atoms with Crippen molar-refractivity contribution in [3.05, 3.63) is 64.7 Å². The van der Waals surface area contributed by atoms with E-state index in [-0.39, 0.29) is 17.7 Å². The summed E-state index contributed by atoms with van der Waals surface area (Å²) in [6.07, 6.45) is 2.45. The zero-order valence-electron chi connectivity index (χ0n) is 17.5. The minimum absolute atomic E-state index is 0.0209. The van der Waals surface area contributed by atoms with Crippen LogP contribution >= 0.6 is 0 Å². The van der Waals surface area contributed by atoms with Crippen LogP contribution in [0.5, 0.6) is 5.75 Å². The summed E-state index contributed by atoms with van der Waals surface area (Å²) in [5, 5.41) is 3.04. The van der Waals surface area contributed by atoms with Crippen LogP contribution in [-0.2, 0) is 11.2 Å². The molecule has 2 aromatic rings. The van der Waals surface area contributed by atoms with Crippen molar-refractivity contribution in [1.29, 1.82) is 0 Å². The summed E-state index contributed by atoms with van der Waals surface area (Å²) in [5.41, 5.74) is 4.03. The topological polar surface area (TPSA) is 58.6 Å². The number of likely N-dealkylation sites (tertiary alicyclic amines) is 1. The Kier molecular flexibility index (Phi) is 6.91. The monoisotopic (exact) mass is 394 g/mol. The minimum atomic E-state index is -0.144. The average molecular weight is 395 g/mol. The van der Waals surface area contributed by atoms with Crippen LogP contribution in [-0.4, -0.2) is 43.5 Å². The molecule has 0 bridgehead atoms. The van der Waals surface area contributed by atoms with E-state index in [4.69, 9.17) is 4.74 Å². The molecule has 2 amide bonds. The third-order valence-corrected chi connectivity index (χ3v) is 5.42. The third kappa shape index (κ3) is 5.59. The van der Waals surface area contributed by atoms with Gasteiger partial charge in [-0.15, -0.1) is 0 Å². The highest BCUT2D eigenvalue weighted by molar-refractivity contribution is 5.95. The van der Waals surface area contributed by atoms with Gasteiger partial charge in [0, 0.05) is 25.2 Å². The average Bonchev–Trinajstić information content (AvgIpc) is 2.73. The first kappa shape index (κ1) is 20.9. The number of carbonyl (C=O) groups is 2. The smallest absolute Gasteiger partial charge is 0.253 e. The molecular weight excluding hydrogens is 364 g/mol. The normalized spacial score (nSPS) is 16.4. The van der Waals surface area contributed by atoms with Gasteiger partial charge in [-0.2, -0.15) is 0 Å². The molecule has 1 aliphatic rings. The van der Waals surface area contributed by atoms with Gasteiger partial charge in [0.1, 0.15) is 5.75 Å². The largest absolute Gasteiger partial charge is 0.497 e. The molecule has 2 aromatic carbocycles. The number of rotatable bonds is 6. The quantitative estimate of drug-likeness (QED) is 0.816. The van der Waals surface area contributed by atoms with Crippen LogP contribution in [0.3, 0.4) is 0 Å². The van der Waals surface area contributed by atoms with Gasteiger partial charge in [-0.05, 0) is 62.9 Å². The Morgan fingerprint density at radius 2 is 1.79 bits per heavy atom. The molecule has 1 aliphatic heterocycles. The summed E-state index contributed by atoms with van der Waals surface area (Å²) in [7, 11) is 1.65. The molecule has 5 heteroatoms. The summed E-state index contributed by atoms with van der Waals surface area (Å²) in [6.45, 7) is 5.78. The SMILES string of the molecule is COc1ccc(CCNC(=O)C2CCCN(C(=O)c3cc(C)cc(C)c3)C2)cc1. The van der Waals surface area contributed by atoms with Crippen molar-refractivity contribution in [2.45, 2.75) is 33.1 Å². The van der Waals surface area contributed by atoms with Crippen LogP contribution in [0, 0.1) is 19.8 Å². The van der Waals surface area contributed by atoms with E-state index in [0.717, 1.165) is 41.7 Å². The molecule has 0 radical (unpaired) electrons. The Balaban J connectivity index is 1.52. The Morgan fingerprint density at radius 1 is 1.10 bits per heavy atom. The summed E-state index contributed by atoms with van der Waals surface area (Å²) in [5.74, 6) is 0.743. The molecule has 0 spiro atoms. The molecule has 1 saturated heterocycles. The molecule has 0 aromatic heterocycles. The van der Waals surface area contributed by atoms with E-state index < -0.39 is 0 Å². The number of piperidine rings is 1. The van der Waals surface area contributed by atoms with Crippen molar-refractivity contribution in [3.63, 3.8) is 0 Å². The lowest BCUT2D eigenvalue weighted by Crippen LogP contribution is -2.45. The van der Waals surface area contributed by atoms with E-state index in [1.165, 1.54) is 0 Å². The Bertz CT molecular complexity index is 841. The highest BCUT2D eigenvalue weighted by Crippen LogP contribution is 2.20. The van der Waals surface area contributed by atoms with Gasteiger partial charge in [-0.25, -0.2) is 0 Å². The molecule has 1 atom stereocenters. The number of methoxy groups -OCH3 is 1. The van der Waals surface area contributed by atoms with Gasteiger partial charge in [0.15, 0.2) is 0 Å². The fraction of sp³-hybridized carbons (Fsp3) is 0.417. The second-order valence-corrected chi connectivity index (χ2v) is 7.86. The molecule has 1 N–H and O–H groups in total. The van der Waals surface area contributed by atoms with Gasteiger partial charge in [0.2, 0.25) is 5.91 Å². The number of aryl methyl sites for hydroxylation is 2. The fourth-order valence-electron chi connectivity index (χ4n) is 3.92. The second-order valence-electron chi connectivity index (χ2n) is 7.86. The number of nitrogens with one attached hydrogen (secondary N) is 1. The zero-order valence-corrected chi connectivity index (χ0v) is 17.5. The lowest BCUT2D eigenvalue weighted by molar-refractivity contribution is -0.126. The number of amides is 2. The van der Waals surface area contributed by atoms with Gasteiger partial charge >= 0.3 is 0 Å². The van der Waals surface area contributed by atoms with Crippen molar-refractivity contribution >= 4 is 11.8 Å². The Morgan fingerprint density at radius 3 is 2.45 bits per heavy atom. The maximum Gasteiger partial charge on any atom is 0.253 e. The van der Waals surface area contributed by atoms with E-state index in [9.17, 15) is 9.59 Å². The third-order valence-electron chi connectivity index (χ3n) is 5.42. The van der Waals surface area contributed by atoms with E-state index in [1.807, 2.05) is 55.1 Å². The lowest BCUT2D eigenvalue weighted by atomic mass is 9.96.